The minimum absolute atomic E-state index is 0.472. The average molecular weight is 625 g/mol. The maximum atomic E-state index is 14.3. The van der Waals surface area contributed by atoms with Crippen LogP contribution < -0.4 is 0 Å². The Hall–Kier alpha value is -2.07. The smallest absolute Gasteiger partial charge is 0.392 e. The van der Waals surface area contributed by atoms with Crippen molar-refractivity contribution in [2.24, 2.45) is 0 Å². The number of sulfonamides is 1. The second-order valence-electron chi connectivity index (χ2n) is 7.12. The third-order valence-electron chi connectivity index (χ3n) is 4.18. The first-order valence-corrected chi connectivity index (χ1v) is 10.3. The fourth-order valence-electron chi connectivity index (χ4n) is 2.08. The molecule has 0 fully saturated rings. The van der Waals surface area contributed by atoms with E-state index in [1.54, 1.807) is 0 Å². The van der Waals surface area contributed by atoms with Crippen molar-refractivity contribution in [3.63, 3.8) is 0 Å². The van der Waals surface area contributed by atoms with Crippen LogP contribution >= 0.6 is 0 Å². The molecule has 0 unspecified atom stereocenters. The third-order valence-corrected chi connectivity index (χ3v) is 6.07. The van der Waals surface area contributed by atoms with E-state index in [-0.39, 0.29) is 0 Å². The van der Waals surface area contributed by atoms with E-state index in [9.17, 15) is 87.8 Å². The predicted molar refractivity (Wildman–Crippen MR) is 87.5 cm³/mol. The van der Waals surface area contributed by atoms with E-state index in [0.717, 1.165) is 0 Å². The van der Waals surface area contributed by atoms with Gasteiger partial charge >= 0.3 is 53.2 Å². The van der Waals surface area contributed by atoms with Gasteiger partial charge in [-0.05, 0) is 13.3 Å². The van der Waals surface area contributed by atoms with E-state index < -0.39 is 86.1 Å². The van der Waals surface area contributed by atoms with Crippen LogP contribution in [0.15, 0.2) is 12.2 Å². The molecule has 0 atom stereocenters. The van der Waals surface area contributed by atoms with Crippen molar-refractivity contribution in [3.8, 4) is 0 Å². The average Bonchev–Trinajstić information content (AvgIpc) is 2.69. The van der Waals surface area contributed by atoms with Gasteiger partial charge in [-0.3, -0.25) is 0 Å². The highest BCUT2D eigenvalue weighted by Crippen LogP contribution is 2.61. The fourth-order valence-corrected chi connectivity index (χ4v) is 3.64. The molecule has 0 bridgehead atoms. The van der Waals surface area contributed by atoms with Crippen LogP contribution in [0.1, 0.15) is 20.3 Å². The summed E-state index contributed by atoms with van der Waals surface area (Å²) in [6.45, 7) is 1.10. The molecule has 226 valence electrons. The van der Waals surface area contributed by atoms with Crippen LogP contribution in [0.2, 0.25) is 0 Å². The van der Waals surface area contributed by atoms with Crippen LogP contribution in [0.3, 0.4) is 0 Å². The molecular formula is C15H12F17NO4S. The summed E-state index contributed by atoms with van der Waals surface area (Å²) >= 11 is 0. The molecule has 0 radical (unpaired) electrons. The molecule has 0 aromatic heterocycles. The molecule has 0 aliphatic carbocycles. The molecule has 5 nitrogen and oxygen atoms in total. The molecule has 0 heterocycles. The number of esters is 1. The first-order chi connectivity index (χ1) is 16.3. The zero-order valence-corrected chi connectivity index (χ0v) is 18.9. The topological polar surface area (TPSA) is 63.7 Å². The summed E-state index contributed by atoms with van der Waals surface area (Å²) in [6, 6.07) is -6.93. The Bertz CT molecular complexity index is 1020. The molecule has 0 saturated carbocycles. The number of hydrogen-bond donors (Lipinski definition) is 0. The number of ether oxygens (including phenoxy) is 1. The second kappa shape index (κ2) is 9.84. The number of nitrogens with zero attached hydrogens (tertiary/aromatic N) is 1. The molecule has 0 aliphatic rings. The van der Waals surface area contributed by atoms with E-state index >= 15 is 0 Å². The summed E-state index contributed by atoms with van der Waals surface area (Å²) < 4.78 is 252. The SMILES string of the molecule is C=C(C)C(=O)OC(F)(F)C(F)(F)N(CCC)S(=O)(=O)C(F)(F)C(F)(F)C(F)(F)C(F)(F)C(F)(F)C(F)(F)F. The van der Waals surface area contributed by atoms with Gasteiger partial charge in [0.1, 0.15) is 0 Å². The predicted octanol–water partition coefficient (Wildman–Crippen LogP) is 6.03. The number of carbonyl (C=O) groups excluding carboxylic acids is 1. The third kappa shape index (κ3) is 5.10. The summed E-state index contributed by atoms with van der Waals surface area (Å²) in [7, 11) is -8.57. The molecule has 0 aromatic rings. The molecule has 38 heavy (non-hydrogen) atoms. The monoisotopic (exact) mass is 625 g/mol. The maximum Gasteiger partial charge on any atom is 0.483 e. The van der Waals surface area contributed by atoms with E-state index in [1.807, 2.05) is 0 Å². The van der Waals surface area contributed by atoms with Crippen LogP contribution in [0.25, 0.3) is 0 Å². The minimum atomic E-state index is -8.72. The summed E-state index contributed by atoms with van der Waals surface area (Å²) in [5, 5.41) is -8.23. The summed E-state index contributed by atoms with van der Waals surface area (Å²) in [5.74, 6) is -36.7. The lowest BCUT2D eigenvalue weighted by atomic mass is 9.98. The van der Waals surface area contributed by atoms with E-state index in [0.29, 0.717) is 13.8 Å². The number of rotatable bonds is 12. The standard InChI is InChI=1S/C15H12F17NO4S/c1-4-5-33(13(27,28)14(29,30)37-7(34)6(2)3)38(35,36)15(31,32)11(22,23)9(18,19)8(16,17)10(20,21)12(24,25)26/h2,4-5H2,1,3H3. The van der Waals surface area contributed by atoms with E-state index in [4.69, 9.17) is 0 Å². The van der Waals surface area contributed by atoms with Crippen LogP contribution in [0.5, 0.6) is 0 Å². The largest absolute Gasteiger partial charge is 0.483 e. The van der Waals surface area contributed by atoms with Crippen LogP contribution in [-0.4, -0.2) is 72.5 Å². The van der Waals surface area contributed by atoms with E-state index in [1.165, 1.54) is 0 Å². The second-order valence-corrected chi connectivity index (χ2v) is 9.02. The lowest BCUT2D eigenvalue weighted by Gasteiger charge is -2.41. The highest BCUT2D eigenvalue weighted by Gasteiger charge is 2.93. The van der Waals surface area contributed by atoms with Gasteiger partial charge in [0.15, 0.2) is 0 Å². The molecule has 0 spiro atoms. The fraction of sp³-hybridized carbons (Fsp3) is 0.800. The number of alkyl halides is 17. The quantitative estimate of drug-likeness (QED) is 0.115. The van der Waals surface area contributed by atoms with Crippen molar-refractivity contribution in [1.29, 1.82) is 0 Å². The highest BCUT2D eigenvalue weighted by molar-refractivity contribution is 7.90. The first kappa shape index (κ1) is 35.9. The van der Waals surface area contributed by atoms with Crippen molar-refractivity contribution in [2.75, 3.05) is 6.54 Å². The molecule has 0 saturated heterocycles. The van der Waals surface area contributed by atoms with Gasteiger partial charge in [-0.1, -0.05) is 13.5 Å². The summed E-state index contributed by atoms with van der Waals surface area (Å²) in [5.41, 5.74) is -1.14. The number of halogens is 17. The number of carbonyl (C=O) groups is 1. The van der Waals surface area contributed by atoms with Crippen molar-refractivity contribution >= 4 is 16.0 Å². The maximum absolute atomic E-state index is 14.3. The lowest BCUT2D eigenvalue weighted by molar-refractivity contribution is -0.434. The van der Waals surface area contributed by atoms with E-state index in [2.05, 4.69) is 11.3 Å². The molecule has 0 amide bonds. The van der Waals surface area contributed by atoms with Gasteiger partial charge < -0.3 is 4.74 Å². The van der Waals surface area contributed by atoms with Gasteiger partial charge in [0.2, 0.25) is 0 Å². The first-order valence-electron chi connectivity index (χ1n) is 8.90. The summed E-state index contributed by atoms with van der Waals surface area (Å²) in [6.07, 6.45) is -15.8. The van der Waals surface area contributed by atoms with Gasteiger partial charge in [-0.2, -0.15) is 74.6 Å². The molecule has 0 aromatic carbocycles. The van der Waals surface area contributed by atoms with Crippen LogP contribution in [0.4, 0.5) is 74.6 Å². The Balaban J connectivity index is 7.16. The van der Waals surface area contributed by atoms with Gasteiger partial charge in [0.05, 0.1) is 0 Å². The Kier molecular flexibility index (Phi) is 9.30. The van der Waals surface area contributed by atoms with Crippen molar-refractivity contribution < 1.29 is 92.6 Å². The Morgan fingerprint density at radius 2 is 1.11 bits per heavy atom. The van der Waals surface area contributed by atoms with Gasteiger partial charge in [-0.25, -0.2) is 13.2 Å². The molecule has 0 N–H and O–H groups in total. The molecule has 0 rings (SSSR count). The number of hydrogen-bond acceptors (Lipinski definition) is 4. The van der Waals surface area contributed by atoms with Crippen molar-refractivity contribution in [1.82, 2.24) is 4.31 Å². The molecule has 0 aliphatic heterocycles. The molecule has 23 heteroatoms. The highest BCUT2D eigenvalue weighted by atomic mass is 32.2. The van der Waals surface area contributed by atoms with Crippen molar-refractivity contribution in [3.05, 3.63) is 12.2 Å². The van der Waals surface area contributed by atoms with Crippen LogP contribution in [0, 0.1) is 0 Å². The Labute approximate surface area is 200 Å². The van der Waals surface area contributed by atoms with Crippen LogP contribution in [-0.2, 0) is 19.6 Å². The summed E-state index contributed by atoms with van der Waals surface area (Å²) in [4.78, 5) is 11.1. The van der Waals surface area contributed by atoms with Crippen molar-refractivity contribution in [2.45, 2.75) is 67.5 Å². The van der Waals surface area contributed by atoms with Gasteiger partial charge in [-0.15, -0.1) is 4.31 Å². The molecular weight excluding hydrogens is 613 g/mol. The normalized spacial score (nSPS) is 15.6. The van der Waals surface area contributed by atoms with Gasteiger partial charge in [0.25, 0.3) is 10.0 Å². The zero-order valence-electron chi connectivity index (χ0n) is 18.0. The Morgan fingerprint density at radius 3 is 1.42 bits per heavy atom. The van der Waals surface area contributed by atoms with Gasteiger partial charge in [0, 0.05) is 12.1 Å². The zero-order chi connectivity index (χ0) is 31.4. The lowest BCUT2D eigenvalue weighted by Crippen LogP contribution is -2.73. The minimum Gasteiger partial charge on any atom is -0.392 e. The Morgan fingerprint density at radius 1 is 0.737 bits per heavy atom.